The standard InChI is InChI=1S/C60H106NO8P/c1-6-8-10-12-14-16-18-20-22-24-26-28-30-32-34-36-38-40-42-44-46-48-50-52-59(62)66-56-58(57-68-70(64,65)67-55-54-61(3,4)5)69-60(63)53-51-49-47-45-43-41-39-37-35-33-31-29-27-25-23-21-19-17-15-13-11-9-7-2/h9,11,15,17-18,20-21,23-24,26-27,29,33,35,58H,6-8,10,12-14,16,19,22,25,28,30-32,34,36-57H2,1-5H3/b11-9-,17-15-,20-18-,23-21-,26-24-,29-27-,35-33-. The van der Waals surface area contributed by atoms with E-state index in [4.69, 9.17) is 18.5 Å². The summed E-state index contributed by atoms with van der Waals surface area (Å²) in [5.41, 5.74) is 0. The number of quaternary nitrogens is 1. The van der Waals surface area contributed by atoms with Crippen LogP contribution in [0.15, 0.2) is 85.1 Å². The Morgan fingerprint density at radius 2 is 0.814 bits per heavy atom. The smallest absolute Gasteiger partial charge is 0.306 e. The fourth-order valence-corrected chi connectivity index (χ4v) is 8.26. The maximum Gasteiger partial charge on any atom is 0.306 e. The Labute approximate surface area is 431 Å². The third-order valence-corrected chi connectivity index (χ3v) is 12.9. The van der Waals surface area contributed by atoms with Crippen LogP contribution in [-0.4, -0.2) is 70.0 Å². The summed E-state index contributed by atoms with van der Waals surface area (Å²) >= 11 is 0. The van der Waals surface area contributed by atoms with E-state index in [1.807, 2.05) is 21.1 Å². The van der Waals surface area contributed by atoms with Crippen LogP contribution in [0.3, 0.4) is 0 Å². The molecular formula is C60H106NO8P. The molecule has 0 saturated heterocycles. The van der Waals surface area contributed by atoms with Crippen molar-refractivity contribution in [1.82, 2.24) is 0 Å². The number of hydrogen-bond acceptors (Lipinski definition) is 8. The minimum atomic E-state index is -4.64. The molecular weight excluding hydrogens is 894 g/mol. The average Bonchev–Trinajstić information content (AvgIpc) is 3.32. The van der Waals surface area contributed by atoms with Crippen molar-refractivity contribution in [2.24, 2.45) is 0 Å². The van der Waals surface area contributed by atoms with E-state index in [2.05, 4.69) is 98.9 Å². The Hall–Kier alpha value is -2.81. The van der Waals surface area contributed by atoms with Gasteiger partial charge in [0.25, 0.3) is 7.82 Å². The maximum absolute atomic E-state index is 12.8. The second kappa shape index (κ2) is 51.1. The zero-order valence-electron chi connectivity index (χ0n) is 45.7. The molecule has 0 heterocycles. The van der Waals surface area contributed by atoms with Crippen LogP contribution in [0.1, 0.15) is 232 Å². The average molecular weight is 1000 g/mol. The summed E-state index contributed by atoms with van der Waals surface area (Å²) in [4.78, 5) is 37.9. The normalized spacial score (nSPS) is 14.0. The van der Waals surface area contributed by atoms with Crippen LogP contribution in [0.5, 0.6) is 0 Å². The minimum Gasteiger partial charge on any atom is -0.756 e. The Morgan fingerprint density at radius 3 is 1.21 bits per heavy atom. The number of phosphoric acid groups is 1. The van der Waals surface area contributed by atoms with Gasteiger partial charge in [0.2, 0.25) is 0 Å². The molecule has 0 aromatic heterocycles. The number of rotatable bonds is 51. The van der Waals surface area contributed by atoms with Gasteiger partial charge in [-0.1, -0.05) is 214 Å². The summed E-state index contributed by atoms with van der Waals surface area (Å²) in [5.74, 6) is -0.849. The number of ether oxygens (including phenoxy) is 2. The molecule has 0 bridgehead atoms. The predicted molar refractivity (Wildman–Crippen MR) is 296 cm³/mol. The van der Waals surface area contributed by atoms with Gasteiger partial charge in [0, 0.05) is 12.8 Å². The number of esters is 2. The third kappa shape index (κ3) is 54.5. The van der Waals surface area contributed by atoms with Crippen LogP contribution in [0.25, 0.3) is 0 Å². The van der Waals surface area contributed by atoms with Gasteiger partial charge in [-0.3, -0.25) is 14.2 Å². The molecule has 0 saturated carbocycles. The van der Waals surface area contributed by atoms with Crippen molar-refractivity contribution < 1.29 is 42.1 Å². The van der Waals surface area contributed by atoms with E-state index in [0.717, 1.165) is 83.5 Å². The van der Waals surface area contributed by atoms with Gasteiger partial charge in [-0.15, -0.1) is 0 Å². The lowest BCUT2D eigenvalue weighted by atomic mass is 10.0. The third-order valence-electron chi connectivity index (χ3n) is 11.9. The lowest BCUT2D eigenvalue weighted by molar-refractivity contribution is -0.870. The summed E-state index contributed by atoms with van der Waals surface area (Å²) in [7, 11) is 1.15. The highest BCUT2D eigenvalue weighted by Gasteiger charge is 2.21. The molecule has 70 heavy (non-hydrogen) atoms. The first-order valence-corrected chi connectivity index (χ1v) is 29.8. The molecule has 0 aliphatic rings. The second-order valence-corrected chi connectivity index (χ2v) is 21.3. The van der Waals surface area contributed by atoms with Crippen LogP contribution in [-0.2, 0) is 32.7 Å². The zero-order chi connectivity index (χ0) is 51.3. The van der Waals surface area contributed by atoms with Crippen LogP contribution in [0, 0.1) is 0 Å². The minimum absolute atomic E-state index is 0.0374. The van der Waals surface area contributed by atoms with Crippen molar-refractivity contribution in [1.29, 1.82) is 0 Å². The quantitative estimate of drug-likeness (QED) is 0.0195. The van der Waals surface area contributed by atoms with E-state index in [1.165, 1.54) is 116 Å². The lowest BCUT2D eigenvalue weighted by Gasteiger charge is -2.28. The summed E-state index contributed by atoms with van der Waals surface area (Å²) in [6.45, 7) is 4.10. The number of likely N-dealkylation sites (N-methyl/N-ethyl adjacent to an activating group) is 1. The van der Waals surface area contributed by atoms with E-state index in [-0.39, 0.29) is 32.0 Å². The number of phosphoric ester groups is 1. The monoisotopic (exact) mass is 1000 g/mol. The summed E-state index contributed by atoms with van der Waals surface area (Å²) < 4.78 is 34.1. The Bertz CT molecular complexity index is 1460. The largest absolute Gasteiger partial charge is 0.756 e. The molecule has 0 fully saturated rings. The predicted octanol–water partition coefficient (Wildman–Crippen LogP) is 16.8. The molecule has 0 radical (unpaired) electrons. The van der Waals surface area contributed by atoms with Crippen LogP contribution in [0.4, 0.5) is 0 Å². The molecule has 404 valence electrons. The topological polar surface area (TPSA) is 111 Å². The summed E-state index contributed by atoms with van der Waals surface area (Å²) in [6.07, 6.45) is 67.6. The van der Waals surface area contributed by atoms with Gasteiger partial charge >= 0.3 is 11.9 Å². The maximum atomic E-state index is 12.8. The number of hydrogen-bond donors (Lipinski definition) is 0. The summed E-state index contributed by atoms with van der Waals surface area (Å²) in [5, 5.41) is 0. The highest BCUT2D eigenvalue weighted by Crippen LogP contribution is 2.38. The zero-order valence-corrected chi connectivity index (χ0v) is 46.6. The van der Waals surface area contributed by atoms with Crippen molar-refractivity contribution in [3.63, 3.8) is 0 Å². The van der Waals surface area contributed by atoms with Crippen molar-refractivity contribution in [3.8, 4) is 0 Å². The SMILES string of the molecule is CC/C=C\C/C=C\C/C=C\C/C=C\C/C=C\CCCCCCCCCC(=O)OC(COC(=O)CCCCCCCCCCCCC/C=C\C/C=C\CCCCCCC)COP(=O)([O-])OCC[N+](C)(C)C. The fourth-order valence-electron chi connectivity index (χ4n) is 7.54. The van der Waals surface area contributed by atoms with Crippen molar-refractivity contribution in [2.75, 3.05) is 47.5 Å². The van der Waals surface area contributed by atoms with Gasteiger partial charge in [0.15, 0.2) is 6.10 Å². The van der Waals surface area contributed by atoms with Crippen molar-refractivity contribution in [2.45, 2.75) is 238 Å². The van der Waals surface area contributed by atoms with E-state index in [1.54, 1.807) is 0 Å². The van der Waals surface area contributed by atoms with Crippen LogP contribution >= 0.6 is 7.82 Å². The number of allylic oxidation sites excluding steroid dienone is 14. The van der Waals surface area contributed by atoms with Crippen molar-refractivity contribution in [3.05, 3.63) is 85.1 Å². The highest BCUT2D eigenvalue weighted by molar-refractivity contribution is 7.45. The Morgan fingerprint density at radius 1 is 0.457 bits per heavy atom. The molecule has 0 N–H and O–H groups in total. The molecule has 2 atom stereocenters. The van der Waals surface area contributed by atoms with E-state index in [9.17, 15) is 19.0 Å². The molecule has 0 aliphatic carbocycles. The van der Waals surface area contributed by atoms with Gasteiger partial charge in [0.1, 0.15) is 19.8 Å². The first-order chi connectivity index (χ1) is 34.0. The van der Waals surface area contributed by atoms with E-state index >= 15 is 0 Å². The fraction of sp³-hybridized carbons (Fsp3) is 0.733. The second-order valence-electron chi connectivity index (χ2n) is 19.9. The van der Waals surface area contributed by atoms with Gasteiger partial charge in [-0.2, -0.15) is 0 Å². The van der Waals surface area contributed by atoms with Gasteiger partial charge in [-0.05, 0) is 89.9 Å². The molecule has 2 unspecified atom stereocenters. The molecule has 9 nitrogen and oxygen atoms in total. The van der Waals surface area contributed by atoms with Crippen molar-refractivity contribution >= 4 is 19.8 Å². The lowest BCUT2D eigenvalue weighted by Crippen LogP contribution is -2.37. The first kappa shape index (κ1) is 67.2. The molecule has 10 heteroatoms. The molecule has 0 aromatic rings. The van der Waals surface area contributed by atoms with Crippen LogP contribution < -0.4 is 4.89 Å². The highest BCUT2D eigenvalue weighted by atomic mass is 31.2. The Kier molecular flexibility index (Phi) is 49.1. The molecule has 0 amide bonds. The molecule has 0 spiro atoms. The molecule has 0 rings (SSSR count). The van der Waals surface area contributed by atoms with Gasteiger partial charge < -0.3 is 27.9 Å². The number of carbonyl (C=O) groups excluding carboxylic acids is 2. The number of nitrogens with zero attached hydrogens (tertiary/aromatic N) is 1. The molecule has 0 aromatic carbocycles. The number of carbonyl (C=O) groups is 2. The van der Waals surface area contributed by atoms with E-state index in [0.29, 0.717) is 17.4 Å². The van der Waals surface area contributed by atoms with Gasteiger partial charge in [-0.25, -0.2) is 0 Å². The molecule has 0 aliphatic heterocycles. The summed E-state index contributed by atoms with van der Waals surface area (Å²) in [6, 6.07) is 0. The first-order valence-electron chi connectivity index (χ1n) is 28.3. The number of unbranched alkanes of at least 4 members (excludes halogenated alkanes) is 23. The Balaban J connectivity index is 4.23. The van der Waals surface area contributed by atoms with Gasteiger partial charge in [0.05, 0.1) is 27.7 Å². The van der Waals surface area contributed by atoms with E-state index < -0.39 is 26.5 Å². The van der Waals surface area contributed by atoms with Crippen LogP contribution in [0.2, 0.25) is 0 Å².